The molecule has 2 aromatic rings. The van der Waals surface area contributed by atoms with Crippen LogP contribution in [0.2, 0.25) is 0 Å². The number of halogens is 2. The molecule has 1 N–H and O–H groups in total. The summed E-state index contributed by atoms with van der Waals surface area (Å²) in [6.07, 6.45) is -4.16. The zero-order chi connectivity index (χ0) is 18.3. The van der Waals surface area contributed by atoms with Crippen LogP contribution in [0.15, 0.2) is 59.5 Å². The van der Waals surface area contributed by atoms with Gasteiger partial charge in [0.2, 0.25) is 4.87 Å². The Morgan fingerprint density at radius 2 is 1.84 bits per heavy atom. The summed E-state index contributed by atoms with van der Waals surface area (Å²) in [7, 11) is 0. The SMILES string of the molecule is Cc1ccc(S[C@](C=O)(NC(=O)OCc2ccccc2)C(F)F)cc1. The minimum absolute atomic E-state index is 0.0337. The average Bonchev–Trinajstić information content (AvgIpc) is 2.62. The average molecular weight is 365 g/mol. The van der Waals surface area contributed by atoms with Crippen molar-refractivity contribution < 1.29 is 23.1 Å². The van der Waals surface area contributed by atoms with Gasteiger partial charge in [0.15, 0.2) is 6.29 Å². The number of alkyl carbamates (subject to hydrolysis) is 1. The van der Waals surface area contributed by atoms with E-state index in [4.69, 9.17) is 4.74 Å². The summed E-state index contributed by atoms with van der Waals surface area (Å²) < 4.78 is 32.0. The number of nitrogens with one attached hydrogen (secondary N) is 1. The van der Waals surface area contributed by atoms with Gasteiger partial charge in [0, 0.05) is 4.90 Å². The molecule has 0 aromatic heterocycles. The largest absolute Gasteiger partial charge is 0.445 e. The molecule has 0 aliphatic carbocycles. The molecule has 0 saturated carbocycles. The third kappa shape index (κ3) is 5.29. The van der Waals surface area contributed by atoms with Crippen molar-refractivity contribution in [3.8, 4) is 0 Å². The third-order valence-electron chi connectivity index (χ3n) is 3.32. The number of hydrogen-bond acceptors (Lipinski definition) is 4. The number of aryl methyl sites for hydroxylation is 1. The molecule has 4 nitrogen and oxygen atoms in total. The molecule has 0 spiro atoms. The maximum Gasteiger partial charge on any atom is 0.409 e. The van der Waals surface area contributed by atoms with E-state index in [0.717, 1.165) is 5.56 Å². The Labute approximate surface area is 148 Å². The van der Waals surface area contributed by atoms with E-state index >= 15 is 0 Å². The summed E-state index contributed by atoms with van der Waals surface area (Å²) in [4.78, 5) is 21.3. The van der Waals surface area contributed by atoms with E-state index in [0.29, 0.717) is 22.2 Å². The second kappa shape index (κ2) is 8.62. The van der Waals surface area contributed by atoms with Crippen molar-refractivity contribution in [2.45, 2.75) is 29.7 Å². The highest BCUT2D eigenvalue weighted by Crippen LogP contribution is 2.34. The van der Waals surface area contributed by atoms with Gasteiger partial charge in [-0.05, 0) is 24.6 Å². The Morgan fingerprint density at radius 1 is 1.20 bits per heavy atom. The highest BCUT2D eigenvalue weighted by Gasteiger charge is 2.43. The van der Waals surface area contributed by atoms with Crippen LogP contribution in [-0.4, -0.2) is 23.7 Å². The first-order valence-electron chi connectivity index (χ1n) is 7.44. The fraction of sp³-hybridized carbons (Fsp3) is 0.222. The lowest BCUT2D eigenvalue weighted by atomic mass is 10.2. The van der Waals surface area contributed by atoms with Crippen LogP contribution in [0, 0.1) is 6.92 Å². The van der Waals surface area contributed by atoms with Crippen LogP contribution in [0.4, 0.5) is 13.6 Å². The van der Waals surface area contributed by atoms with Crippen LogP contribution in [-0.2, 0) is 16.1 Å². The van der Waals surface area contributed by atoms with E-state index in [9.17, 15) is 18.4 Å². The topological polar surface area (TPSA) is 55.4 Å². The highest BCUT2D eigenvalue weighted by molar-refractivity contribution is 8.01. The fourth-order valence-corrected chi connectivity index (χ4v) is 2.88. The summed E-state index contributed by atoms with van der Waals surface area (Å²) in [6.45, 7) is 1.77. The Hall–Kier alpha value is -2.41. The lowest BCUT2D eigenvalue weighted by Gasteiger charge is -2.27. The standard InChI is InChI=1S/C18H17F2NO3S/c1-13-7-9-15(10-8-13)25-18(12-22,16(19)20)21-17(23)24-11-14-5-3-2-4-6-14/h2-10,12,16H,11H2,1H3,(H,21,23)/t18-/m0/s1. The summed E-state index contributed by atoms with van der Waals surface area (Å²) in [6, 6.07) is 15.5. The Bertz CT molecular complexity index is 710. The Morgan fingerprint density at radius 3 is 2.40 bits per heavy atom. The molecule has 25 heavy (non-hydrogen) atoms. The molecule has 0 saturated heterocycles. The molecule has 2 aromatic carbocycles. The van der Waals surface area contributed by atoms with Crippen molar-refractivity contribution in [2.24, 2.45) is 0 Å². The van der Waals surface area contributed by atoms with Crippen molar-refractivity contribution in [2.75, 3.05) is 0 Å². The first kappa shape index (κ1) is 18.9. The molecular formula is C18H17F2NO3S. The normalized spacial score (nSPS) is 13.1. The van der Waals surface area contributed by atoms with Gasteiger partial charge in [-0.1, -0.05) is 59.8 Å². The summed E-state index contributed by atoms with van der Waals surface area (Å²) in [5, 5.41) is 2.00. The van der Waals surface area contributed by atoms with E-state index < -0.39 is 17.4 Å². The highest BCUT2D eigenvalue weighted by atomic mass is 32.2. The molecule has 1 amide bonds. The van der Waals surface area contributed by atoms with Crippen LogP contribution >= 0.6 is 11.8 Å². The van der Waals surface area contributed by atoms with E-state index in [-0.39, 0.29) is 12.9 Å². The first-order valence-corrected chi connectivity index (χ1v) is 8.26. The zero-order valence-electron chi connectivity index (χ0n) is 13.4. The van der Waals surface area contributed by atoms with Crippen molar-refractivity contribution in [1.29, 1.82) is 0 Å². The van der Waals surface area contributed by atoms with E-state index in [1.54, 1.807) is 54.6 Å². The molecule has 7 heteroatoms. The molecule has 1 atom stereocenters. The molecule has 132 valence electrons. The smallest absolute Gasteiger partial charge is 0.409 e. The molecule has 2 rings (SSSR count). The maximum atomic E-state index is 13.5. The number of thioether (sulfide) groups is 1. The summed E-state index contributed by atoms with van der Waals surface area (Å²) in [5.74, 6) is 0. The first-order chi connectivity index (χ1) is 11.9. The van der Waals surface area contributed by atoms with Crippen LogP contribution in [0.5, 0.6) is 0 Å². The maximum absolute atomic E-state index is 13.5. The molecular weight excluding hydrogens is 348 g/mol. The second-order valence-corrected chi connectivity index (χ2v) is 6.66. The quantitative estimate of drug-likeness (QED) is 0.454. The fourth-order valence-electron chi connectivity index (χ4n) is 1.95. The second-order valence-electron chi connectivity index (χ2n) is 5.31. The molecule has 0 radical (unpaired) electrons. The predicted octanol–water partition coefficient (Wildman–Crippen LogP) is 4.17. The van der Waals surface area contributed by atoms with Crippen molar-refractivity contribution in [3.63, 3.8) is 0 Å². The summed E-state index contributed by atoms with van der Waals surface area (Å²) in [5.41, 5.74) is 1.66. The van der Waals surface area contributed by atoms with Crippen molar-refractivity contribution in [1.82, 2.24) is 5.32 Å². The lowest BCUT2D eigenvalue weighted by molar-refractivity contribution is -0.114. The van der Waals surface area contributed by atoms with Gasteiger partial charge in [0.25, 0.3) is 6.43 Å². The number of carbonyl (C=O) groups excluding carboxylic acids is 2. The number of ether oxygens (including phenoxy) is 1. The van der Waals surface area contributed by atoms with Gasteiger partial charge in [-0.25, -0.2) is 13.6 Å². The molecule has 0 unspecified atom stereocenters. The van der Waals surface area contributed by atoms with Gasteiger partial charge >= 0.3 is 6.09 Å². The van der Waals surface area contributed by atoms with Gasteiger partial charge < -0.3 is 4.74 Å². The van der Waals surface area contributed by atoms with Gasteiger partial charge in [-0.15, -0.1) is 0 Å². The number of aldehydes is 1. The molecule has 0 aliphatic rings. The molecule has 0 heterocycles. The molecule has 0 bridgehead atoms. The number of hydrogen-bond donors (Lipinski definition) is 1. The van der Waals surface area contributed by atoms with Crippen LogP contribution in [0.3, 0.4) is 0 Å². The van der Waals surface area contributed by atoms with Crippen molar-refractivity contribution in [3.05, 3.63) is 65.7 Å². The number of carbonyl (C=O) groups is 2. The van der Waals surface area contributed by atoms with Crippen LogP contribution in [0.1, 0.15) is 11.1 Å². The van der Waals surface area contributed by atoms with Gasteiger partial charge in [-0.2, -0.15) is 0 Å². The van der Waals surface area contributed by atoms with E-state index in [1.165, 1.54) is 0 Å². The third-order valence-corrected chi connectivity index (χ3v) is 4.54. The zero-order valence-corrected chi connectivity index (χ0v) is 14.3. The van der Waals surface area contributed by atoms with E-state index in [2.05, 4.69) is 0 Å². The lowest BCUT2D eigenvalue weighted by Crippen LogP contribution is -2.52. The monoisotopic (exact) mass is 365 g/mol. The van der Waals surface area contributed by atoms with Crippen molar-refractivity contribution >= 4 is 24.1 Å². The van der Waals surface area contributed by atoms with Gasteiger partial charge in [0.05, 0.1) is 0 Å². The van der Waals surface area contributed by atoms with Crippen LogP contribution in [0.25, 0.3) is 0 Å². The summed E-state index contributed by atoms with van der Waals surface area (Å²) >= 11 is 0.573. The number of amides is 1. The number of alkyl halides is 2. The molecule has 0 fully saturated rings. The number of benzene rings is 2. The van der Waals surface area contributed by atoms with Gasteiger partial charge in [0.1, 0.15) is 6.61 Å². The minimum Gasteiger partial charge on any atom is -0.445 e. The van der Waals surface area contributed by atoms with Crippen LogP contribution < -0.4 is 5.32 Å². The molecule has 0 aliphatic heterocycles. The minimum atomic E-state index is -3.11. The predicted molar refractivity (Wildman–Crippen MR) is 91.6 cm³/mol. The Balaban J connectivity index is 2.06. The van der Waals surface area contributed by atoms with E-state index in [1.807, 2.05) is 12.2 Å². The number of rotatable bonds is 7. The van der Waals surface area contributed by atoms with Gasteiger partial charge in [-0.3, -0.25) is 10.1 Å². The Kier molecular flexibility index (Phi) is 6.52.